The molecule has 1 aliphatic carbocycles. The van der Waals surface area contributed by atoms with Gasteiger partial charge in [-0.25, -0.2) is 0 Å². The molecule has 0 aliphatic heterocycles. The molecule has 3 atom stereocenters. The second-order valence-corrected chi connectivity index (χ2v) is 6.81. The Hall–Kier alpha value is -0.610. The molecule has 0 bridgehead atoms. The van der Waals surface area contributed by atoms with Gasteiger partial charge in [0.1, 0.15) is 5.54 Å². The van der Waals surface area contributed by atoms with Gasteiger partial charge in [-0.1, -0.05) is 26.7 Å². The second kappa shape index (κ2) is 8.74. The predicted molar refractivity (Wildman–Crippen MR) is 85.5 cm³/mol. The van der Waals surface area contributed by atoms with Gasteiger partial charge in [0.25, 0.3) is 0 Å². The first-order chi connectivity index (χ1) is 9.91. The van der Waals surface area contributed by atoms with E-state index < -0.39 is 11.5 Å². The highest BCUT2D eigenvalue weighted by atomic mass is 16.5. The molecule has 0 aromatic rings. The van der Waals surface area contributed by atoms with Crippen molar-refractivity contribution in [2.24, 2.45) is 5.92 Å². The summed E-state index contributed by atoms with van der Waals surface area (Å²) in [6.07, 6.45) is 7.38. The van der Waals surface area contributed by atoms with Crippen molar-refractivity contribution in [1.29, 1.82) is 0 Å². The Bertz CT molecular complexity index is 319. The quantitative estimate of drug-likeness (QED) is 0.639. The molecule has 4 heteroatoms. The van der Waals surface area contributed by atoms with Crippen molar-refractivity contribution >= 4 is 5.97 Å². The van der Waals surface area contributed by atoms with Crippen LogP contribution in [0.5, 0.6) is 0 Å². The van der Waals surface area contributed by atoms with E-state index in [0.717, 1.165) is 12.8 Å². The van der Waals surface area contributed by atoms with Gasteiger partial charge in [-0.05, 0) is 51.9 Å². The molecule has 0 heterocycles. The zero-order valence-corrected chi connectivity index (χ0v) is 14.2. The topological polar surface area (TPSA) is 58.6 Å². The van der Waals surface area contributed by atoms with Crippen molar-refractivity contribution in [1.82, 2.24) is 5.32 Å². The number of carbonyl (C=O) groups is 1. The molecular formula is C17H33NO3. The summed E-state index contributed by atoms with van der Waals surface area (Å²) in [7, 11) is 0. The van der Waals surface area contributed by atoms with Crippen molar-refractivity contribution in [3.63, 3.8) is 0 Å². The number of carboxylic acids is 1. The maximum atomic E-state index is 11.6. The van der Waals surface area contributed by atoms with Crippen LogP contribution in [0.3, 0.4) is 0 Å². The Balaban J connectivity index is 2.41. The van der Waals surface area contributed by atoms with E-state index in [2.05, 4.69) is 12.2 Å². The van der Waals surface area contributed by atoms with Crippen molar-refractivity contribution in [3.8, 4) is 0 Å². The van der Waals surface area contributed by atoms with E-state index in [0.29, 0.717) is 31.5 Å². The Morgan fingerprint density at radius 3 is 2.57 bits per heavy atom. The van der Waals surface area contributed by atoms with Crippen LogP contribution in [0.1, 0.15) is 72.6 Å². The number of hydrogen-bond donors (Lipinski definition) is 2. The Kier molecular flexibility index (Phi) is 7.67. The summed E-state index contributed by atoms with van der Waals surface area (Å²) >= 11 is 0. The predicted octanol–water partition coefficient (Wildman–Crippen LogP) is 3.59. The lowest BCUT2D eigenvalue weighted by Crippen LogP contribution is -2.54. The fraction of sp³-hybridized carbons (Fsp3) is 0.941. The van der Waals surface area contributed by atoms with E-state index in [9.17, 15) is 9.90 Å². The Labute approximate surface area is 129 Å². The van der Waals surface area contributed by atoms with E-state index in [1.807, 2.05) is 20.8 Å². The molecule has 0 aromatic heterocycles. The third kappa shape index (κ3) is 5.59. The molecular weight excluding hydrogens is 266 g/mol. The van der Waals surface area contributed by atoms with Gasteiger partial charge in [-0.15, -0.1) is 0 Å². The van der Waals surface area contributed by atoms with E-state index >= 15 is 0 Å². The summed E-state index contributed by atoms with van der Waals surface area (Å²) in [5.41, 5.74) is -0.810. The zero-order chi connectivity index (χ0) is 15.9. The molecule has 1 aliphatic rings. The summed E-state index contributed by atoms with van der Waals surface area (Å²) in [5.74, 6) is -0.104. The van der Waals surface area contributed by atoms with E-state index in [1.165, 1.54) is 19.3 Å². The van der Waals surface area contributed by atoms with Crippen molar-refractivity contribution in [2.75, 3.05) is 6.61 Å². The maximum Gasteiger partial charge on any atom is 0.323 e. The molecule has 124 valence electrons. The number of nitrogens with one attached hydrogen (secondary N) is 1. The van der Waals surface area contributed by atoms with Gasteiger partial charge in [0, 0.05) is 12.6 Å². The number of carboxylic acid groups (broad SMARTS) is 1. The van der Waals surface area contributed by atoms with E-state index in [4.69, 9.17) is 4.74 Å². The average Bonchev–Trinajstić information content (AvgIpc) is 2.43. The van der Waals surface area contributed by atoms with Crippen LogP contribution in [0.2, 0.25) is 0 Å². The lowest BCUT2D eigenvalue weighted by molar-refractivity contribution is -0.146. The summed E-state index contributed by atoms with van der Waals surface area (Å²) in [4.78, 5) is 11.6. The summed E-state index contributed by atoms with van der Waals surface area (Å²) < 4.78 is 6.00. The van der Waals surface area contributed by atoms with Crippen LogP contribution < -0.4 is 5.32 Å². The molecule has 4 nitrogen and oxygen atoms in total. The first-order valence-corrected chi connectivity index (χ1v) is 8.54. The van der Waals surface area contributed by atoms with Crippen molar-refractivity contribution < 1.29 is 14.6 Å². The lowest BCUT2D eigenvalue weighted by atomic mass is 9.87. The van der Waals surface area contributed by atoms with Gasteiger partial charge in [-0.3, -0.25) is 10.1 Å². The maximum absolute atomic E-state index is 11.6. The highest BCUT2D eigenvalue weighted by Crippen LogP contribution is 2.27. The molecule has 1 saturated carbocycles. The van der Waals surface area contributed by atoms with Crippen LogP contribution in [0.25, 0.3) is 0 Å². The molecule has 0 aromatic carbocycles. The van der Waals surface area contributed by atoms with Crippen LogP contribution >= 0.6 is 0 Å². The lowest BCUT2D eigenvalue weighted by Gasteiger charge is -2.32. The number of aliphatic carboxylic acids is 1. The average molecular weight is 299 g/mol. The monoisotopic (exact) mass is 299 g/mol. The highest BCUT2D eigenvalue weighted by molar-refractivity contribution is 5.78. The van der Waals surface area contributed by atoms with Crippen molar-refractivity contribution in [2.45, 2.75) is 90.3 Å². The van der Waals surface area contributed by atoms with Gasteiger partial charge in [-0.2, -0.15) is 0 Å². The highest BCUT2D eigenvalue weighted by Gasteiger charge is 2.36. The minimum absolute atomic E-state index is 0.167. The first-order valence-electron chi connectivity index (χ1n) is 8.54. The molecule has 0 amide bonds. The van der Waals surface area contributed by atoms with Crippen LogP contribution in [0, 0.1) is 5.92 Å². The summed E-state index contributed by atoms with van der Waals surface area (Å²) in [6, 6.07) is 0.167. The molecule has 21 heavy (non-hydrogen) atoms. The van der Waals surface area contributed by atoms with E-state index in [1.54, 1.807) is 0 Å². The van der Waals surface area contributed by atoms with Gasteiger partial charge >= 0.3 is 5.97 Å². The first kappa shape index (κ1) is 18.4. The molecule has 1 rings (SSSR count). The standard InChI is InChI=1S/C17H33NO3/c1-5-17(16(19)20,18-13(2)3)11-8-12-21-15-10-7-6-9-14(15)4/h13-15,18H,5-12H2,1-4H3,(H,19,20). The van der Waals surface area contributed by atoms with Gasteiger partial charge < -0.3 is 9.84 Å². The molecule has 0 radical (unpaired) electrons. The van der Waals surface area contributed by atoms with Crippen LogP contribution in [-0.2, 0) is 9.53 Å². The normalized spacial score (nSPS) is 25.8. The minimum atomic E-state index is -0.810. The fourth-order valence-corrected chi connectivity index (χ4v) is 3.36. The van der Waals surface area contributed by atoms with E-state index in [-0.39, 0.29) is 6.04 Å². The van der Waals surface area contributed by atoms with Gasteiger partial charge in [0.15, 0.2) is 0 Å². The Morgan fingerprint density at radius 2 is 2.05 bits per heavy atom. The summed E-state index contributed by atoms with van der Waals surface area (Å²) in [5, 5.41) is 12.8. The number of rotatable bonds is 9. The zero-order valence-electron chi connectivity index (χ0n) is 14.2. The summed E-state index contributed by atoms with van der Waals surface area (Å²) in [6.45, 7) is 8.86. The van der Waals surface area contributed by atoms with Crippen LogP contribution in [-0.4, -0.2) is 35.4 Å². The third-order valence-corrected chi connectivity index (χ3v) is 4.69. The largest absolute Gasteiger partial charge is 0.480 e. The number of hydrogen-bond acceptors (Lipinski definition) is 3. The molecule has 0 spiro atoms. The van der Waals surface area contributed by atoms with Gasteiger partial charge in [0.05, 0.1) is 6.10 Å². The SMILES string of the molecule is CCC(CCCOC1CCCCC1C)(NC(C)C)C(=O)O. The number of ether oxygens (including phenoxy) is 1. The molecule has 3 unspecified atom stereocenters. The van der Waals surface area contributed by atoms with Crippen LogP contribution in [0.15, 0.2) is 0 Å². The smallest absolute Gasteiger partial charge is 0.323 e. The Morgan fingerprint density at radius 1 is 1.38 bits per heavy atom. The molecule has 0 saturated heterocycles. The minimum Gasteiger partial charge on any atom is -0.480 e. The molecule has 2 N–H and O–H groups in total. The molecule has 1 fully saturated rings. The third-order valence-electron chi connectivity index (χ3n) is 4.69. The fourth-order valence-electron chi connectivity index (χ4n) is 3.36. The second-order valence-electron chi connectivity index (χ2n) is 6.81. The van der Waals surface area contributed by atoms with Crippen molar-refractivity contribution in [3.05, 3.63) is 0 Å². The van der Waals surface area contributed by atoms with Crippen LogP contribution in [0.4, 0.5) is 0 Å². The van der Waals surface area contributed by atoms with Gasteiger partial charge in [0.2, 0.25) is 0 Å².